The Morgan fingerprint density at radius 2 is 2.16 bits per heavy atom. The van der Waals surface area contributed by atoms with Gasteiger partial charge in [-0.3, -0.25) is 10.1 Å². The third-order valence-corrected chi connectivity index (χ3v) is 3.69. The molecule has 0 spiro atoms. The first-order valence-corrected chi connectivity index (χ1v) is 7.56. The molecule has 0 unspecified atom stereocenters. The highest BCUT2D eigenvalue weighted by molar-refractivity contribution is 9.10. The smallest absolute Gasteiger partial charge is 0.321 e. The van der Waals surface area contributed by atoms with Crippen molar-refractivity contribution >= 4 is 45.3 Å². The maximum absolute atomic E-state index is 11.5. The summed E-state index contributed by atoms with van der Waals surface area (Å²) in [6, 6.07) is 4.97. The Hall–Kier alpha value is -1.21. The van der Waals surface area contributed by atoms with Gasteiger partial charge in [0.15, 0.2) is 0 Å². The monoisotopic (exact) mass is 345 g/mol. The van der Waals surface area contributed by atoms with Crippen molar-refractivity contribution in [3.63, 3.8) is 0 Å². The van der Waals surface area contributed by atoms with Crippen molar-refractivity contribution in [2.75, 3.05) is 18.0 Å². The first-order valence-electron chi connectivity index (χ1n) is 5.78. The van der Waals surface area contributed by atoms with Gasteiger partial charge >= 0.3 is 6.03 Å². The summed E-state index contributed by atoms with van der Waals surface area (Å²) in [4.78, 5) is 23.6. The van der Waals surface area contributed by atoms with E-state index in [0.29, 0.717) is 12.2 Å². The normalized spacial score (nSPS) is 10.0. The topological polar surface area (TPSA) is 84.2 Å². The number of nitrogens with one attached hydrogen (secondary N) is 2. The van der Waals surface area contributed by atoms with Crippen LogP contribution in [-0.4, -0.2) is 24.2 Å². The molecule has 0 bridgehead atoms. The number of amides is 3. The molecule has 5 nitrogen and oxygen atoms in total. The third-order valence-electron chi connectivity index (χ3n) is 2.12. The molecule has 0 aliphatic carbocycles. The van der Waals surface area contributed by atoms with E-state index in [1.807, 2.05) is 19.1 Å². The number of nitrogen functional groups attached to an aromatic ring is 1. The molecule has 0 aliphatic heterocycles. The predicted molar refractivity (Wildman–Crippen MR) is 81.1 cm³/mol. The highest BCUT2D eigenvalue weighted by atomic mass is 79.9. The number of hydrogen-bond acceptors (Lipinski definition) is 4. The average Bonchev–Trinajstić information content (AvgIpc) is 2.37. The van der Waals surface area contributed by atoms with Gasteiger partial charge in [-0.2, -0.15) is 0 Å². The zero-order valence-corrected chi connectivity index (χ0v) is 12.9. The Morgan fingerprint density at radius 1 is 1.42 bits per heavy atom. The number of rotatable bonds is 5. The zero-order valence-electron chi connectivity index (χ0n) is 10.5. The van der Waals surface area contributed by atoms with Crippen LogP contribution in [0.4, 0.5) is 10.5 Å². The summed E-state index contributed by atoms with van der Waals surface area (Å²) < 4.78 is 0.894. The van der Waals surface area contributed by atoms with E-state index in [-0.39, 0.29) is 11.7 Å². The van der Waals surface area contributed by atoms with E-state index in [0.717, 1.165) is 15.8 Å². The molecule has 104 valence electrons. The van der Waals surface area contributed by atoms with E-state index in [9.17, 15) is 9.59 Å². The Balaban J connectivity index is 2.41. The molecule has 0 aliphatic rings. The molecule has 0 heterocycles. The number of imide groups is 1. The van der Waals surface area contributed by atoms with Gasteiger partial charge in [-0.15, -0.1) is 11.8 Å². The van der Waals surface area contributed by atoms with Crippen molar-refractivity contribution in [1.82, 2.24) is 10.6 Å². The SMILES string of the molecule is CCCNC(=O)NC(=O)CSc1cc(Br)ccc1N. The third kappa shape index (κ3) is 5.98. The number of carbonyl (C=O) groups is 2. The zero-order chi connectivity index (χ0) is 14.3. The van der Waals surface area contributed by atoms with Gasteiger partial charge in [-0.05, 0) is 24.6 Å². The molecule has 0 atom stereocenters. The minimum Gasteiger partial charge on any atom is -0.398 e. The van der Waals surface area contributed by atoms with Crippen molar-refractivity contribution in [2.24, 2.45) is 0 Å². The van der Waals surface area contributed by atoms with Gasteiger partial charge in [0.1, 0.15) is 0 Å². The second-order valence-corrected chi connectivity index (χ2v) is 5.71. The van der Waals surface area contributed by atoms with E-state index < -0.39 is 6.03 Å². The molecule has 4 N–H and O–H groups in total. The van der Waals surface area contributed by atoms with Crippen molar-refractivity contribution in [3.8, 4) is 0 Å². The molecular formula is C12H16BrN3O2S. The number of thioether (sulfide) groups is 1. The molecule has 1 aromatic rings. The first-order chi connectivity index (χ1) is 9.02. The molecule has 0 radical (unpaired) electrons. The maximum atomic E-state index is 11.5. The number of carbonyl (C=O) groups excluding carboxylic acids is 2. The number of nitrogens with two attached hydrogens (primary N) is 1. The molecule has 0 fully saturated rings. The summed E-state index contributed by atoms with van der Waals surface area (Å²) in [7, 11) is 0. The van der Waals surface area contributed by atoms with Crippen LogP contribution in [0.1, 0.15) is 13.3 Å². The Bertz CT molecular complexity index is 468. The van der Waals surface area contributed by atoms with Crippen molar-refractivity contribution in [2.45, 2.75) is 18.2 Å². The number of halogens is 1. The summed E-state index contributed by atoms with van der Waals surface area (Å²) in [5, 5.41) is 4.83. The van der Waals surface area contributed by atoms with E-state index >= 15 is 0 Å². The molecular weight excluding hydrogens is 330 g/mol. The van der Waals surface area contributed by atoms with Crippen LogP contribution in [0.3, 0.4) is 0 Å². The van der Waals surface area contributed by atoms with Crippen LogP contribution < -0.4 is 16.4 Å². The van der Waals surface area contributed by atoms with Crippen LogP contribution in [0.25, 0.3) is 0 Å². The molecule has 0 saturated carbocycles. The fourth-order valence-electron chi connectivity index (χ4n) is 1.22. The summed E-state index contributed by atoms with van der Waals surface area (Å²) in [5.41, 5.74) is 6.40. The van der Waals surface area contributed by atoms with Crippen molar-refractivity contribution in [1.29, 1.82) is 0 Å². The van der Waals surface area contributed by atoms with E-state index in [1.54, 1.807) is 6.07 Å². The number of urea groups is 1. The lowest BCUT2D eigenvalue weighted by molar-refractivity contribution is -0.117. The minimum atomic E-state index is -0.463. The molecule has 0 aromatic heterocycles. The molecule has 1 aromatic carbocycles. The molecule has 7 heteroatoms. The van der Waals surface area contributed by atoms with Crippen LogP contribution in [-0.2, 0) is 4.79 Å². The van der Waals surface area contributed by atoms with Crippen molar-refractivity contribution < 1.29 is 9.59 Å². The van der Waals surface area contributed by atoms with Crippen LogP contribution in [0.2, 0.25) is 0 Å². The summed E-state index contributed by atoms with van der Waals surface area (Å²) >= 11 is 4.63. The van der Waals surface area contributed by atoms with E-state index in [2.05, 4.69) is 26.6 Å². The fraction of sp³-hybridized carbons (Fsp3) is 0.333. The fourth-order valence-corrected chi connectivity index (χ4v) is 2.54. The van der Waals surface area contributed by atoms with Crippen LogP contribution >= 0.6 is 27.7 Å². The van der Waals surface area contributed by atoms with Crippen LogP contribution in [0.15, 0.2) is 27.6 Å². The Morgan fingerprint density at radius 3 is 2.84 bits per heavy atom. The lowest BCUT2D eigenvalue weighted by atomic mass is 10.3. The van der Waals surface area contributed by atoms with E-state index in [1.165, 1.54) is 11.8 Å². The number of anilines is 1. The van der Waals surface area contributed by atoms with Gasteiger partial charge in [0, 0.05) is 21.6 Å². The summed E-state index contributed by atoms with van der Waals surface area (Å²) in [5.74, 6) is -0.210. The molecule has 3 amide bonds. The van der Waals surface area contributed by atoms with Crippen LogP contribution in [0.5, 0.6) is 0 Å². The lowest BCUT2D eigenvalue weighted by Crippen LogP contribution is -2.40. The van der Waals surface area contributed by atoms with Gasteiger partial charge in [0.25, 0.3) is 0 Å². The largest absolute Gasteiger partial charge is 0.398 e. The second kappa shape index (κ2) is 8.06. The standard InChI is InChI=1S/C12H16BrN3O2S/c1-2-5-15-12(18)16-11(17)7-19-10-6-8(13)3-4-9(10)14/h3-4,6H,2,5,7,14H2,1H3,(H2,15,16,17,18). The quantitative estimate of drug-likeness (QED) is 0.565. The molecule has 1 rings (SSSR count). The van der Waals surface area contributed by atoms with Gasteiger partial charge in [-0.25, -0.2) is 4.79 Å². The van der Waals surface area contributed by atoms with Gasteiger partial charge in [-0.1, -0.05) is 22.9 Å². The molecule has 0 saturated heterocycles. The van der Waals surface area contributed by atoms with E-state index in [4.69, 9.17) is 5.73 Å². The predicted octanol–water partition coefficient (Wildman–Crippen LogP) is 2.36. The highest BCUT2D eigenvalue weighted by Gasteiger charge is 2.09. The lowest BCUT2D eigenvalue weighted by Gasteiger charge is -2.07. The number of benzene rings is 1. The summed E-state index contributed by atoms with van der Waals surface area (Å²) in [6.07, 6.45) is 0.824. The van der Waals surface area contributed by atoms with Gasteiger partial charge in [0.05, 0.1) is 5.75 Å². The maximum Gasteiger partial charge on any atom is 0.321 e. The van der Waals surface area contributed by atoms with Gasteiger partial charge < -0.3 is 11.1 Å². The van der Waals surface area contributed by atoms with Crippen molar-refractivity contribution in [3.05, 3.63) is 22.7 Å². The highest BCUT2D eigenvalue weighted by Crippen LogP contribution is 2.27. The first kappa shape index (κ1) is 15.8. The number of hydrogen-bond donors (Lipinski definition) is 3. The van der Waals surface area contributed by atoms with Crippen LogP contribution in [0, 0.1) is 0 Å². The second-order valence-electron chi connectivity index (χ2n) is 3.77. The van der Waals surface area contributed by atoms with Gasteiger partial charge in [0.2, 0.25) is 5.91 Å². The Labute approximate surface area is 124 Å². The Kier molecular flexibility index (Phi) is 6.72. The molecule has 19 heavy (non-hydrogen) atoms. The average molecular weight is 346 g/mol. The summed E-state index contributed by atoms with van der Waals surface area (Å²) in [6.45, 7) is 2.48. The minimum absolute atomic E-state index is 0.139.